The van der Waals surface area contributed by atoms with Gasteiger partial charge in [-0.25, -0.2) is 4.79 Å². The van der Waals surface area contributed by atoms with Crippen molar-refractivity contribution in [1.82, 2.24) is 41.8 Å². The van der Waals surface area contributed by atoms with Gasteiger partial charge in [0.2, 0.25) is 41.4 Å². The zero-order valence-corrected chi connectivity index (χ0v) is 36.1. The number of aliphatic carboxylic acids is 1. The van der Waals surface area contributed by atoms with E-state index >= 15 is 0 Å². The molecule has 22 heteroatoms. The van der Waals surface area contributed by atoms with Crippen molar-refractivity contribution in [3.05, 3.63) is 29.8 Å². The van der Waals surface area contributed by atoms with Crippen molar-refractivity contribution in [2.45, 2.75) is 107 Å². The smallest absolute Gasteiger partial charge is 0.326 e. The Hall–Kier alpha value is -5.74. The average Bonchev–Trinajstić information content (AvgIpc) is 3.82. The molecule has 2 aliphatic rings. The summed E-state index contributed by atoms with van der Waals surface area (Å²) in [6.45, 7) is 5.39. The van der Waals surface area contributed by atoms with E-state index in [1.165, 1.54) is 0 Å². The molecule has 3 heterocycles. The lowest BCUT2D eigenvalue weighted by molar-refractivity contribution is -0.149. The number of esters is 1. The fourth-order valence-corrected chi connectivity index (χ4v) is 8.19. The van der Waals surface area contributed by atoms with Crippen LogP contribution in [0.2, 0.25) is 0 Å². The maximum atomic E-state index is 14.3. The van der Waals surface area contributed by atoms with Gasteiger partial charge in [-0.05, 0) is 29.9 Å². The highest BCUT2D eigenvalue weighted by Crippen LogP contribution is 2.31. The first-order valence-electron chi connectivity index (χ1n) is 20.4. The number of H-pyrrole nitrogens is 1. The molecule has 0 spiro atoms. The molecule has 62 heavy (non-hydrogen) atoms. The van der Waals surface area contributed by atoms with E-state index in [1.807, 2.05) is 0 Å². The van der Waals surface area contributed by atoms with E-state index in [0.717, 1.165) is 23.8 Å². The van der Waals surface area contributed by atoms with Crippen molar-refractivity contribution in [2.24, 2.45) is 17.6 Å². The molecule has 4 rings (SSSR count). The number of carboxylic acid groups (broad SMARTS) is 1. The van der Waals surface area contributed by atoms with Crippen LogP contribution in [0.1, 0.15) is 58.9 Å². The van der Waals surface area contributed by atoms with Gasteiger partial charge >= 0.3 is 11.9 Å². The van der Waals surface area contributed by atoms with Gasteiger partial charge in [0.15, 0.2) is 0 Å². The van der Waals surface area contributed by atoms with E-state index in [1.54, 1.807) is 52.0 Å². The second-order valence-corrected chi connectivity index (χ2v) is 16.6. The summed E-state index contributed by atoms with van der Waals surface area (Å²) in [6, 6.07) is -0.924. The second-order valence-electron chi connectivity index (χ2n) is 15.5. The molecule has 1 unspecified atom stereocenters. The molecule has 0 saturated carbocycles. The molecule has 1 saturated heterocycles. The molecule has 11 N–H and O–H groups in total. The van der Waals surface area contributed by atoms with Crippen LogP contribution in [0, 0.1) is 11.8 Å². The Labute approximate surface area is 362 Å². The van der Waals surface area contributed by atoms with Crippen LogP contribution in [-0.4, -0.2) is 148 Å². The van der Waals surface area contributed by atoms with Gasteiger partial charge in [0.05, 0.1) is 43.8 Å². The highest BCUT2D eigenvalue weighted by molar-refractivity contribution is 7.99. The Balaban J connectivity index is 1.68. The minimum absolute atomic E-state index is 0.0162. The molecule has 1 aromatic heterocycles. The summed E-state index contributed by atoms with van der Waals surface area (Å²) in [4.78, 5) is 124. The number of aliphatic hydroxyl groups is 1. The van der Waals surface area contributed by atoms with Gasteiger partial charge in [-0.3, -0.25) is 38.4 Å². The van der Waals surface area contributed by atoms with Crippen molar-refractivity contribution >= 4 is 76.0 Å². The number of para-hydroxylation sites is 1. The lowest BCUT2D eigenvalue weighted by Crippen LogP contribution is -2.59. The number of nitrogens with one attached hydrogen (secondary N) is 7. The van der Waals surface area contributed by atoms with E-state index < -0.39 is 127 Å². The van der Waals surface area contributed by atoms with Gasteiger partial charge in [0.25, 0.3) is 0 Å². The minimum atomic E-state index is -1.70. The molecule has 0 bridgehead atoms. The summed E-state index contributed by atoms with van der Waals surface area (Å²) in [6.07, 6.45) is -1.34. The van der Waals surface area contributed by atoms with Crippen LogP contribution in [0.3, 0.4) is 0 Å². The standard InChI is InChI=1S/C40H57N9O12S/c1-6-19(3)32-37(57)43-15-29(51)44-27(18-62-38-23(22-10-8-9-11-25(22)46-38)13-24(41)34(54)42-16-30(52)47-32)35(55)45-26(14-31(53)61-5)39(58)49-17-21(50)12-28(49)36(56)48-33(40(59)60)20(4)7-2/h8-11,19-21,24,26-28,32-33,46,50H,6-7,12-18,41H2,1-5H3,(H,42,54)(H,43,57)(H,44,51)(H,45,55)(H,47,52)(H,48,56)(H,59,60)/t19-,20-,21?,24-,26-,27-,28-,32-,33-/m0/s1. The number of aliphatic hydroxyl groups excluding tert-OH is 1. The predicted octanol–water partition coefficient (Wildman–Crippen LogP) is -1.98. The fourth-order valence-electron chi connectivity index (χ4n) is 7.07. The molecule has 0 aliphatic carbocycles. The number of likely N-dealkylation sites (tertiary alicyclic amines) is 1. The highest BCUT2D eigenvalue weighted by atomic mass is 32.2. The third-order valence-corrected chi connectivity index (χ3v) is 12.2. The molecular formula is C40H57N9O12S. The highest BCUT2D eigenvalue weighted by Gasteiger charge is 2.44. The first-order valence-corrected chi connectivity index (χ1v) is 21.4. The Kier molecular flexibility index (Phi) is 17.7. The van der Waals surface area contributed by atoms with Crippen LogP contribution in [0.15, 0.2) is 29.3 Å². The minimum Gasteiger partial charge on any atom is -0.480 e. The summed E-state index contributed by atoms with van der Waals surface area (Å²) >= 11 is 1.07. The van der Waals surface area contributed by atoms with Gasteiger partial charge in [0, 0.05) is 29.6 Å². The Morgan fingerprint density at radius 2 is 1.61 bits per heavy atom. The summed E-state index contributed by atoms with van der Waals surface area (Å²) in [5, 5.41) is 36.6. The van der Waals surface area contributed by atoms with Gasteiger partial charge < -0.3 is 62.5 Å². The summed E-state index contributed by atoms with van der Waals surface area (Å²) in [5.74, 6) is -8.95. The van der Waals surface area contributed by atoms with Crippen LogP contribution >= 0.6 is 11.8 Å². The lowest BCUT2D eigenvalue weighted by Gasteiger charge is -2.30. The summed E-state index contributed by atoms with van der Waals surface area (Å²) < 4.78 is 4.80. The number of amides is 7. The quantitative estimate of drug-likeness (QED) is 0.103. The third kappa shape index (κ3) is 12.7. The number of ether oxygens (including phenoxy) is 1. The predicted molar refractivity (Wildman–Crippen MR) is 224 cm³/mol. The number of hydrogen-bond donors (Lipinski definition) is 10. The molecule has 21 nitrogen and oxygen atoms in total. The van der Waals surface area contributed by atoms with E-state index in [9.17, 15) is 53.4 Å². The number of thioether (sulfide) groups is 1. The summed E-state index contributed by atoms with van der Waals surface area (Å²) in [5.41, 5.74) is 7.61. The fraction of sp³-hybridized carbons (Fsp3) is 0.575. The zero-order valence-electron chi connectivity index (χ0n) is 35.3. The number of rotatable bonds is 12. The van der Waals surface area contributed by atoms with Crippen LogP contribution < -0.4 is 37.6 Å². The van der Waals surface area contributed by atoms with Gasteiger partial charge in [-0.2, -0.15) is 0 Å². The van der Waals surface area contributed by atoms with Crippen LogP contribution in [-0.2, 0) is 54.3 Å². The van der Waals surface area contributed by atoms with E-state index in [0.29, 0.717) is 34.3 Å². The maximum Gasteiger partial charge on any atom is 0.326 e. The molecule has 1 fully saturated rings. The number of carbonyl (C=O) groups excluding carboxylic acids is 8. The van der Waals surface area contributed by atoms with Crippen LogP contribution in [0.5, 0.6) is 0 Å². The Morgan fingerprint density at radius 1 is 0.952 bits per heavy atom. The number of carboxylic acids is 1. The van der Waals surface area contributed by atoms with Crippen molar-refractivity contribution in [3.63, 3.8) is 0 Å². The average molecular weight is 888 g/mol. The van der Waals surface area contributed by atoms with Crippen LogP contribution in [0.25, 0.3) is 10.9 Å². The topological polar surface area (TPSA) is 321 Å². The number of benzene rings is 1. The molecule has 2 aromatic rings. The number of aromatic nitrogens is 1. The van der Waals surface area contributed by atoms with Crippen molar-refractivity contribution < 1.29 is 58.1 Å². The molecule has 340 valence electrons. The first-order chi connectivity index (χ1) is 29.4. The van der Waals surface area contributed by atoms with Crippen molar-refractivity contribution in [2.75, 3.05) is 32.5 Å². The van der Waals surface area contributed by atoms with Crippen molar-refractivity contribution in [3.8, 4) is 0 Å². The number of nitrogens with zero attached hydrogens (tertiary/aromatic N) is 1. The number of aromatic amines is 1. The summed E-state index contributed by atoms with van der Waals surface area (Å²) in [7, 11) is 1.06. The maximum absolute atomic E-state index is 14.3. The zero-order chi connectivity index (χ0) is 45.8. The van der Waals surface area contributed by atoms with Gasteiger partial charge in [-0.1, -0.05) is 58.7 Å². The second kappa shape index (κ2) is 22.4. The lowest BCUT2D eigenvalue weighted by atomic mass is 9.98. The molecule has 7 amide bonds. The number of methoxy groups -OCH3 is 1. The Bertz CT molecular complexity index is 2010. The molecule has 2 aliphatic heterocycles. The monoisotopic (exact) mass is 887 g/mol. The molecular weight excluding hydrogens is 831 g/mol. The van der Waals surface area contributed by atoms with E-state index in [2.05, 4.69) is 36.9 Å². The van der Waals surface area contributed by atoms with Crippen LogP contribution in [0.4, 0.5) is 0 Å². The number of fused-ring (bicyclic) bond motifs is 3. The first kappa shape index (κ1) is 48.9. The van der Waals surface area contributed by atoms with Gasteiger partial charge in [0.1, 0.15) is 30.2 Å². The largest absolute Gasteiger partial charge is 0.480 e. The SMILES string of the molecule is CC[C@H](C)[C@H](NC(=O)[C@@H]1CC(O)CN1C(=O)[C@H](CC(=O)OC)NC(=O)[C@@H]1CSc2[nH]c3ccccc3c2C[C@H](N)C(=O)NCC(=O)N[C@@H]([C@@H](C)CC)C(=O)NCC(=O)N1)C(=O)O. The molecule has 1 aromatic carbocycles. The molecule has 0 radical (unpaired) electrons. The Morgan fingerprint density at radius 3 is 2.26 bits per heavy atom. The third-order valence-electron chi connectivity index (χ3n) is 11.1. The number of carbonyl (C=O) groups is 9. The molecule has 9 atom stereocenters. The van der Waals surface area contributed by atoms with Gasteiger partial charge in [-0.15, -0.1) is 11.8 Å². The number of hydrogen-bond acceptors (Lipinski definition) is 13. The van der Waals surface area contributed by atoms with E-state index in [4.69, 9.17) is 10.5 Å². The van der Waals surface area contributed by atoms with E-state index in [-0.39, 0.29) is 25.1 Å². The normalized spacial score (nSPS) is 23.7. The number of nitrogens with two attached hydrogens (primary N) is 1. The number of β-amino-alcohol motifs (C(OH)–C–C–N with tert-alkyl or cyclic N) is 1. The van der Waals surface area contributed by atoms with Crippen molar-refractivity contribution in [1.29, 1.82) is 0 Å².